The molecule has 1 rings (SSSR count). The summed E-state index contributed by atoms with van der Waals surface area (Å²) in [6, 6.07) is 5.94. The Morgan fingerprint density at radius 1 is 1.10 bits per heavy atom. The van der Waals surface area contributed by atoms with Crippen LogP contribution in [0, 0.1) is 0 Å². The summed E-state index contributed by atoms with van der Waals surface area (Å²) in [4.78, 5) is 22.7. The van der Waals surface area contributed by atoms with Gasteiger partial charge < -0.3 is 10.6 Å². The Kier molecular flexibility index (Phi) is 6.36. The topological polar surface area (TPSA) is 92.3 Å². The molecular weight excluding hydrogens is 292 g/mol. The van der Waals surface area contributed by atoms with E-state index in [9.17, 15) is 18.0 Å². The highest BCUT2D eigenvalue weighted by molar-refractivity contribution is 7.90. The van der Waals surface area contributed by atoms with E-state index in [1.165, 1.54) is 19.1 Å². The molecule has 2 amide bonds. The summed E-state index contributed by atoms with van der Waals surface area (Å²) in [5.41, 5.74) is 0.319. The Morgan fingerprint density at radius 2 is 1.71 bits per heavy atom. The van der Waals surface area contributed by atoms with E-state index in [4.69, 9.17) is 0 Å². The van der Waals surface area contributed by atoms with E-state index in [1.54, 1.807) is 12.1 Å². The molecule has 0 aliphatic rings. The van der Waals surface area contributed by atoms with Gasteiger partial charge in [0.25, 0.3) is 5.91 Å². The Bertz CT molecular complexity index is 611. The average molecular weight is 312 g/mol. The van der Waals surface area contributed by atoms with Crippen LogP contribution in [0.5, 0.6) is 0 Å². The lowest BCUT2D eigenvalue weighted by molar-refractivity contribution is -0.118. The highest BCUT2D eigenvalue weighted by Crippen LogP contribution is 2.11. The molecule has 0 heterocycles. The number of amides is 2. The van der Waals surface area contributed by atoms with E-state index < -0.39 is 9.84 Å². The van der Waals surface area contributed by atoms with Crippen LogP contribution in [0.2, 0.25) is 0 Å². The van der Waals surface area contributed by atoms with Crippen LogP contribution < -0.4 is 10.6 Å². The Morgan fingerprint density at radius 3 is 2.29 bits per heavy atom. The van der Waals surface area contributed by atoms with Crippen LogP contribution in [-0.2, 0) is 14.6 Å². The molecule has 0 aromatic heterocycles. The number of nitrogens with one attached hydrogen (secondary N) is 2. The van der Waals surface area contributed by atoms with Gasteiger partial charge in [-0.05, 0) is 31.0 Å². The van der Waals surface area contributed by atoms with Crippen molar-refractivity contribution in [2.24, 2.45) is 0 Å². The van der Waals surface area contributed by atoms with Crippen LogP contribution in [-0.4, -0.2) is 39.6 Å². The van der Waals surface area contributed by atoms with Crippen LogP contribution in [0.3, 0.4) is 0 Å². The first-order valence-electron chi connectivity index (χ1n) is 6.63. The zero-order chi connectivity index (χ0) is 15.9. The molecule has 0 saturated carbocycles. The van der Waals surface area contributed by atoms with Crippen LogP contribution in [0.1, 0.15) is 30.1 Å². The van der Waals surface area contributed by atoms with Gasteiger partial charge in [0.15, 0.2) is 9.84 Å². The molecule has 7 heteroatoms. The van der Waals surface area contributed by atoms with E-state index in [2.05, 4.69) is 10.6 Å². The Hall–Kier alpha value is -1.89. The van der Waals surface area contributed by atoms with E-state index in [-0.39, 0.29) is 16.7 Å². The lowest BCUT2D eigenvalue weighted by Crippen LogP contribution is -2.26. The highest BCUT2D eigenvalue weighted by atomic mass is 32.2. The predicted molar refractivity (Wildman–Crippen MR) is 79.8 cm³/mol. The standard InChI is InChI=1S/C14H20N2O4S/c1-11(17)15-8-3-4-9-16-14(18)12-6-5-7-13(10-12)21(2,19)20/h5-7,10H,3-4,8-9H2,1-2H3,(H,15,17)(H,16,18). The van der Waals surface area contributed by atoms with Crippen molar-refractivity contribution in [3.63, 3.8) is 0 Å². The number of benzene rings is 1. The van der Waals surface area contributed by atoms with Crippen molar-refractivity contribution in [2.75, 3.05) is 19.3 Å². The molecule has 0 aliphatic carbocycles. The van der Waals surface area contributed by atoms with Gasteiger partial charge in [0.2, 0.25) is 5.91 Å². The summed E-state index contributed by atoms with van der Waals surface area (Å²) in [5.74, 6) is -0.378. The molecule has 0 saturated heterocycles. The molecule has 0 radical (unpaired) electrons. The second kappa shape index (κ2) is 7.78. The molecular formula is C14H20N2O4S. The minimum atomic E-state index is -3.32. The predicted octanol–water partition coefficient (Wildman–Crippen LogP) is 0.736. The van der Waals surface area contributed by atoms with Gasteiger partial charge in [0.05, 0.1) is 4.90 Å². The van der Waals surface area contributed by atoms with Crippen molar-refractivity contribution < 1.29 is 18.0 Å². The monoisotopic (exact) mass is 312 g/mol. The quantitative estimate of drug-likeness (QED) is 0.726. The van der Waals surface area contributed by atoms with Gasteiger partial charge >= 0.3 is 0 Å². The van der Waals surface area contributed by atoms with E-state index in [0.29, 0.717) is 18.7 Å². The molecule has 0 aliphatic heterocycles. The molecule has 1 aromatic carbocycles. The summed E-state index contributed by atoms with van der Waals surface area (Å²) in [7, 11) is -3.32. The van der Waals surface area contributed by atoms with E-state index >= 15 is 0 Å². The van der Waals surface area contributed by atoms with Gasteiger partial charge in [-0.1, -0.05) is 6.07 Å². The number of rotatable bonds is 7. The zero-order valence-electron chi connectivity index (χ0n) is 12.2. The third-order valence-electron chi connectivity index (χ3n) is 2.79. The first kappa shape index (κ1) is 17.2. The van der Waals surface area contributed by atoms with Gasteiger partial charge in [0, 0.05) is 31.8 Å². The molecule has 1 aromatic rings. The van der Waals surface area contributed by atoms with Gasteiger partial charge in [-0.2, -0.15) is 0 Å². The smallest absolute Gasteiger partial charge is 0.251 e. The maximum absolute atomic E-state index is 11.9. The van der Waals surface area contributed by atoms with Crippen molar-refractivity contribution in [1.29, 1.82) is 0 Å². The summed E-state index contributed by atoms with van der Waals surface area (Å²) in [5, 5.41) is 5.39. The number of carbonyl (C=O) groups excluding carboxylic acids is 2. The van der Waals surface area contributed by atoms with Gasteiger partial charge in [-0.15, -0.1) is 0 Å². The van der Waals surface area contributed by atoms with E-state index in [1.807, 2.05) is 0 Å². The molecule has 0 fully saturated rings. The number of sulfone groups is 1. The third-order valence-corrected chi connectivity index (χ3v) is 3.90. The maximum Gasteiger partial charge on any atom is 0.251 e. The first-order valence-corrected chi connectivity index (χ1v) is 8.52. The van der Waals surface area contributed by atoms with Crippen molar-refractivity contribution in [3.8, 4) is 0 Å². The zero-order valence-corrected chi connectivity index (χ0v) is 13.0. The SMILES string of the molecule is CC(=O)NCCCCNC(=O)c1cccc(S(C)(=O)=O)c1. The number of unbranched alkanes of at least 4 members (excludes halogenated alkanes) is 1. The van der Waals surface area contributed by atoms with Crippen molar-refractivity contribution in [2.45, 2.75) is 24.7 Å². The summed E-state index contributed by atoms with van der Waals surface area (Å²) < 4.78 is 22.9. The van der Waals surface area contributed by atoms with Gasteiger partial charge in [-0.25, -0.2) is 8.42 Å². The molecule has 2 N–H and O–H groups in total. The average Bonchev–Trinajstić information content (AvgIpc) is 2.41. The van der Waals surface area contributed by atoms with Crippen molar-refractivity contribution >= 4 is 21.7 Å². The molecule has 0 bridgehead atoms. The largest absolute Gasteiger partial charge is 0.356 e. The molecule has 116 valence electrons. The summed E-state index contributed by atoms with van der Waals surface area (Å²) in [6.07, 6.45) is 2.60. The lowest BCUT2D eigenvalue weighted by atomic mass is 10.2. The van der Waals surface area contributed by atoms with Crippen LogP contribution in [0.4, 0.5) is 0 Å². The first-order chi connectivity index (χ1) is 9.80. The van der Waals surface area contributed by atoms with Crippen LogP contribution >= 0.6 is 0 Å². The minimum absolute atomic E-state index is 0.0726. The maximum atomic E-state index is 11.9. The molecule has 21 heavy (non-hydrogen) atoms. The fourth-order valence-electron chi connectivity index (χ4n) is 1.69. The Labute approximate surface area is 124 Å². The second-order valence-electron chi connectivity index (χ2n) is 4.75. The second-order valence-corrected chi connectivity index (χ2v) is 6.76. The summed E-state index contributed by atoms with van der Waals surface area (Å²) in [6.45, 7) is 2.51. The number of hydrogen-bond acceptors (Lipinski definition) is 4. The fraction of sp³-hybridized carbons (Fsp3) is 0.429. The third kappa shape index (κ3) is 6.40. The normalized spacial score (nSPS) is 11.0. The minimum Gasteiger partial charge on any atom is -0.356 e. The lowest BCUT2D eigenvalue weighted by Gasteiger charge is -2.07. The number of hydrogen-bond donors (Lipinski definition) is 2. The molecule has 6 nitrogen and oxygen atoms in total. The molecule has 0 unspecified atom stereocenters. The van der Waals surface area contributed by atoms with Crippen molar-refractivity contribution in [1.82, 2.24) is 10.6 Å². The number of carbonyl (C=O) groups is 2. The molecule has 0 atom stereocenters. The fourth-order valence-corrected chi connectivity index (χ4v) is 2.35. The van der Waals surface area contributed by atoms with Crippen LogP contribution in [0.25, 0.3) is 0 Å². The highest BCUT2D eigenvalue weighted by Gasteiger charge is 2.11. The summed E-state index contributed by atoms with van der Waals surface area (Å²) >= 11 is 0. The van der Waals surface area contributed by atoms with Gasteiger partial charge in [-0.3, -0.25) is 9.59 Å². The van der Waals surface area contributed by atoms with Crippen LogP contribution in [0.15, 0.2) is 29.2 Å². The Balaban J connectivity index is 2.44. The van der Waals surface area contributed by atoms with Crippen molar-refractivity contribution in [3.05, 3.63) is 29.8 Å². The molecule has 0 spiro atoms. The van der Waals surface area contributed by atoms with Gasteiger partial charge in [0.1, 0.15) is 0 Å². The van der Waals surface area contributed by atoms with E-state index in [0.717, 1.165) is 19.1 Å².